The summed E-state index contributed by atoms with van der Waals surface area (Å²) < 4.78 is 9.68. The minimum Gasteiger partial charge on any atom is -0.481 e. The molecule has 6 nitrogen and oxygen atoms in total. The third-order valence-electron chi connectivity index (χ3n) is 4.57. The summed E-state index contributed by atoms with van der Waals surface area (Å²) in [6, 6.07) is 9.72. The van der Waals surface area contributed by atoms with Gasteiger partial charge in [0, 0.05) is 6.08 Å². The van der Waals surface area contributed by atoms with Gasteiger partial charge in [0.05, 0.1) is 17.4 Å². The van der Waals surface area contributed by atoms with Crippen LogP contribution in [-0.2, 0) is 30.5 Å². The number of ether oxygens (including phenoxy) is 2. The van der Waals surface area contributed by atoms with Crippen LogP contribution in [0.25, 0.3) is 0 Å². The molecule has 0 unspecified atom stereocenters. The van der Waals surface area contributed by atoms with Crippen molar-refractivity contribution < 1.29 is 29.0 Å². The Bertz CT molecular complexity index is 647. The highest BCUT2D eigenvalue weighted by atomic mass is 16.5. The molecular weight excluding hydrogens is 384 g/mol. The van der Waals surface area contributed by atoms with Crippen LogP contribution in [0.2, 0.25) is 0 Å². The summed E-state index contributed by atoms with van der Waals surface area (Å²) in [5, 5.41) is 8.44. The Labute approximate surface area is 181 Å². The Hall–Kier alpha value is -2.63. The molecule has 0 atom stereocenters. The lowest BCUT2D eigenvalue weighted by atomic mass is 9.91. The van der Waals surface area contributed by atoms with E-state index >= 15 is 0 Å². The van der Waals surface area contributed by atoms with E-state index in [1.807, 2.05) is 58.0 Å². The maximum Gasteiger partial charge on any atom is 0.330 e. The quantitative estimate of drug-likeness (QED) is 0.445. The number of carbonyl (C=O) groups excluding carboxylic acids is 2. The Morgan fingerprint density at radius 2 is 1.43 bits per heavy atom. The van der Waals surface area contributed by atoms with E-state index in [0.29, 0.717) is 19.6 Å². The van der Waals surface area contributed by atoms with Crippen LogP contribution < -0.4 is 0 Å². The lowest BCUT2D eigenvalue weighted by Gasteiger charge is -2.20. The van der Waals surface area contributed by atoms with Crippen molar-refractivity contribution in [1.82, 2.24) is 0 Å². The van der Waals surface area contributed by atoms with Crippen molar-refractivity contribution in [3.8, 4) is 0 Å². The second kappa shape index (κ2) is 15.2. The number of carboxylic acids is 1. The van der Waals surface area contributed by atoms with Crippen molar-refractivity contribution in [2.45, 2.75) is 67.9 Å². The lowest BCUT2D eigenvalue weighted by molar-refractivity contribution is -0.155. The molecule has 0 bridgehead atoms. The van der Waals surface area contributed by atoms with Gasteiger partial charge in [-0.2, -0.15) is 0 Å². The highest BCUT2D eigenvalue weighted by molar-refractivity contribution is 5.81. The monoisotopic (exact) mass is 422 g/mol. The molecule has 0 saturated carbocycles. The van der Waals surface area contributed by atoms with Crippen LogP contribution in [0.15, 0.2) is 43.0 Å². The third kappa shape index (κ3) is 13.5. The Kier molecular flexibility index (Phi) is 15.0. The van der Waals surface area contributed by atoms with E-state index in [-0.39, 0.29) is 17.4 Å². The summed E-state index contributed by atoms with van der Waals surface area (Å²) in [4.78, 5) is 32.0. The van der Waals surface area contributed by atoms with Crippen molar-refractivity contribution in [3.63, 3.8) is 0 Å². The van der Waals surface area contributed by atoms with E-state index in [4.69, 9.17) is 9.84 Å². The zero-order valence-corrected chi connectivity index (χ0v) is 19.5. The van der Waals surface area contributed by atoms with Crippen LogP contribution in [-0.4, -0.2) is 29.6 Å². The van der Waals surface area contributed by atoms with Gasteiger partial charge in [0.1, 0.15) is 6.61 Å². The molecule has 0 heterocycles. The summed E-state index contributed by atoms with van der Waals surface area (Å²) in [5.41, 5.74) is 0.104. The number of esters is 2. The van der Waals surface area contributed by atoms with Crippen LogP contribution >= 0.6 is 0 Å². The van der Waals surface area contributed by atoms with Gasteiger partial charge in [0.15, 0.2) is 0 Å². The molecule has 0 fully saturated rings. The van der Waals surface area contributed by atoms with Gasteiger partial charge in [-0.1, -0.05) is 50.8 Å². The zero-order chi connectivity index (χ0) is 23.8. The van der Waals surface area contributed by atoms with Gasteiger partial charge in [-0.15, -0.1) is 0 Å². The highest BCUT2D eigenvalue weighted by Gasteiger charge is 2.26. The van der Waals surface area contributed by atoms with E-state index in [2.05, 4.69) is 11.3 Å². The molecule has 0 radical (unpaired) electrons. The molecule has 0 saturated heterocycles. The standard InChI is InChI=1S/C13H18O2.C6H12O2.C5H8O2/c1-4-13(2,3)12(14)15-10-11-8-6-5-7-9-11;1-4-6(2,3)5(7)8;1-3-5(6)7-4-2/h5-9H,4,10H2,1-3H3;4H2,1-3H3,(H,7,8);3H,1,4H2,2H3. The molecule has 1 aromatic carbocycles. The number of hydrogen-bond acceptors (Lipinski definition) is 5. The fourth-order valence-corrected chi connectivity index (χ4v) is 1.42. The summed E-state index contributed by atoms with van der Waals surface area (Å²) in [6.07, 6.45) is 2.62. The molecule has 1 aromatic rings. The molecule has 0 aliphatic heterocycles. The van der Waals surface area contributed by atoms with Crippen LogP contribution in [0.1, 0.15) is 66.9 Å². The normalized spacial score (nSPS) is 10.4. The average molecular weight is 423 g/mol. The lowest BCUT2D eigenvalue weighted by Crippen LogP contribution is -2.25. The van der Waals surface area contributed by atoms with Gasteiger partial charge in [0.25, 0.3) is 0 Å². The van der Waals surface area contributed by atoms with Crippen LogP contribution in [0.5, 0.6) is 0 Å². The Morgan fingerprint density at radius 1 is 0.933 bits per heavy atom. The molecule has 1 rings (SSSR count). The maximum atomic E-state index is 11.6. The summed E-state index contributed by atoms with van der Waals surface area (Å²) in [5.74, 6) is -1.21. The molecule has 0 amide bonds. The van der Waals surface area contributed by atoms with Crippen molar-refractivity contribution in [2.75, 3.05) is 6.61 Å². The largest absolute Gasteiger partial charge is 0.481 e. The predicted molar refractivity (Wildman–Crippen MR) is 119 cm³/mol. The minimum atomic E-state index is -0.722. The second-order valence-corrected chi connectivity index (χ2v) is 7.80. The first-order valence-electron chi connectivity index (χ1n) is 10.1. The van der Waals surface area contributed by atoms with E-state index < -0.39 is 11.4 Å². The zero-order valence-electron chi connectivity index (χ0n) is 19.5. The number of hydrogen-bond donors (Lipinski definition) is 1. The van der Waals surface area contributed by atoms with Gasteiger partial charge in [0.2, 0.25) is 0 Å². The van der Waals surface area contributed by atoms with Gasteiger partial charge < -0.3 is 14.6 Å². The molecule has 0 spiro atoms. The van der Waals surface area contributed by atoms with Crippen molar-refractivity contribution in [2.24, 2.45) is 10.8 Å². The van der Waals surface area contributed by atoms with Gasteiger partial charge in [-0.3, -0.25) is 9.59 Å². The van der Waals surface area contributed by atoms with Gasteiger partial charge in [-0.25, -0.2) is 4.79 Å². The SMILES string of the molecule is C=CC(=O)OCC.CCC(C)(C)C(=O)O.CCC(C)(C)C(=O)OCc1ccccc1. The van der Waals surface area contributed by atoms with Crippen molar-refractivity contribution in [1.29, 1.82) is 0 Å². The fraction of sp³-hybridized carbons (Fsp3) is 0.542. The Balaban J connectivity index is 0. The molecule has 170 valence electrons. The van der Waals surface area contributed by atoms with Crippen molar-refractivity contribution in [3.05, 3.63) is 48.6 Å². The van der Waals surface area contributed by atoms with E-state index in [9.17, 15) is 14.4 Å². The highest BCUT2D eigenvalue weighted by Crippen LogP contribution is 2.22. The first-order valence-corrected chi connectivity index (χ1v) is 10.1. The Morgan fingerprint density at radius 3 is 1.73 bits per heavy atom. The minimum absolute atomic E-state index is 0.131. The molecular formula is C24H38O6. The summed E-state index contributed by atoms with van der Waals surface area (Å²) in [6.45, 7) is 16.8. The molecule has 6 heteroatoms. The number of benzene rings is 1. The molecule has 0 aliphatic rings. The summed E-state index contributed by atoms with van der Waals surface area (Å²) in [7, 11) is 0. The van der Waals surface area contributed by atoms with Crippen LogP contribution in [0.3, 0.4) is 0 Å². The first kappa shape index (κ1) is 29.6. The molecule has 0 aliphatic carbocycles. The average Bonchev–Trinajstić information content (AvgIpc) is 2.73. The second-order valence-electron chi connectivity index (χ2n) is 7.80. The predicted octanol–water partition coefficient (Wildman–Crippen LogP) is 5.41. The number of carboxylic acid groups (broad SMARTS) is 1. The van der Waals surface area contributed by atoms with E-state index in [1.54, 1.807) is 20.8 Å². The third-order valence-corrected chi connectivity index (χ3v) is 4.57. The number of carbonyl (C=O) groups is 3. The van der Waals surface area contributed by atoms with Crippen molar-refractivity contribution >= 4 is 17.9 Å². The molecule has 30 heavy (non-hydrogen) atoms. The van der Waals surface area contributed by atoms with E-state index in [1.165, 1.54) is 0 Å². The van der Waals surface area contributed by atoms with E-state index in [0.717, 1.165) is 18.1 Å². The van der Waals surface area contributed by atoms with Crippen LogP contribution in [0.4, 0.5) is 0 Å². The summed E-state index contributed by atoms with van der Waals surface area (Å²) >= 11 is 0. The number of aliphatic carboxylic acids is 1. The fourth-order valence-electron chi connectivity index (χ4n) is 1.42. The first-order chi connectivity index (χ1) is 13.9. The topological polar surface area (TPSA) is 89.9 Å². The van der Waals surface area contributed by atoms with Gasteiger partial charge >= 0.3 is 17.9 Å². The van der Waals surface area contributed by atoms with Crippen LogP contribution in [0, 0.1) is 10.8 Å². The smallest absolute Gasteiger partial charge is 0.330 e. The maximum absolute atomic E-state index is 11.6. The molecule has 0 aromatic heterocycles. The number of rotatable bonds is 8. The molecule has 1 N–H and O–H groups in total. The van der Waals surface area contributed by atoms with Gasteiger partial charge in [-0.05, 0) is 53.0 Å².